The van der Waals surface area contributed by atoms with E-state index in [1.54, 1.807) is 47.4 Å². The van der Waals surface area contributed by atoms with E-state index in [1.807, 2.05) is 39.1 Å². The van der Waals surface area contributed by atoms with E-state index in [0.29, 0.717) is 45.4 Å². The van der Waals surface area contributed by atoms with Crippen LogP contribution in [0, 0.1) is 24.1 Å². The summed E-state index contributed by atoms with van der Waals surface area (Å²) in [4.78, 5) is 14.0. The Morgan fingerprint density at radius 1 is 0.980 bits per heavy atom. The van der Waals surface area contributed by atoms with E-state index >= 15 is 0 Å². The number of pyridine rings is 2. The van der Waals surface area contributed by atoms with Crippen molar-refractivity contribution in [1.82, 2.24) is 28.6 Å². The Balaban J connectivity index is 1.16. The third kappa shape index (κ3) is 5.60. The molecule has 3 fully saturated rings. The van der Waals surface area contributed by atoms with Crippen LogP contribution in [-0.2, 0) is 16.6 Å². The minimum atomic E-state index is -4.12. The number of phenolic OH excluding ortho intramolecular Hbond substituents is 1. The number of piperazine rings is 1. The molecule has 0 aliphatic carbocycles. The molecule has 0 amide bonds. The van der Waals surface area contributed by atoms with Gasteiger partial charge in [0, 0.05) is 84.0 Å². The maximum absolute atomic E-state index is 14.3. The molecule has 3 saturated heterocycles. The number of hydrogen-bond donors (Lipinski definition) is 1. The van der Waals surface area contributed by atoms with E-state index in [2.05, 4.69) is 26.0 Å². The van der Waals surface area contributed by atoms with Crippen LogP contribution in [0.15, 0.2) is 90.3 Å². The second kappa shape index (κ2) is 12.3. The normalized spacial score (nSPS) is 17.5. The van der Waals surface area contributed by atoms with E-state index in [0.717, 1.165) is 30.9 Å². The summed E-state index contributed by atoms with van der Waals surface area (Å²) in [5.41, 5.74) is 4.18. The molecule has 1 N–H and O–H groups in total. The highest BCUT2D eigenvalue weighted by atomic mass is 32.2. The van der Waals surface area contributed by atoms with Crippen molar-refractivity contribution in [1.29, 1.82) is 5.26 Å². The number of aromatic nitrogens is 5. The van der Waals surface area contributed by atoms with E-state index in [4.69, 9.17) is 4.98 Å². The number of halogens is 1. The van der Waals surface area contributed by atoms with Crippen LogP contribution in [0.3, 0.4) is 0 Å². The van der Waals surface area contributed by atoms with Gasteiger partial charge in [0.15, 0.2) is 5.65 Å². The fourth-order valence-corrected chi connectivity index (χ4v) is 8.74. The Kier molecular flexibility index (Phi) is 7.88. The molecule has 0 radical (unpaired) electrons. The zero-order valence-corrected chi connectivity index (χ0v) is 29.1. The van der Waals surface area contributed by atoms with Crippen molar-refractivity contribution in [3.8, 4) is 34.2 Å². The standard InChI is InChI=1S/C38H35FN8O3S/c1-23(2)46-20-28(18-43-46)34-14-33-37(27(15-40)17-42-38(33)47(34)51(49,50)32-8-4-24(3)5-9-32)25-6-11-36(41-16-25)44-21-30-13-31(22-44)45(30)19-26-12-29(39)7-10-35(26)48/h4-12,14,16-18,20,23,30-31,48H,13,19,21-22H2,1-3H3. The molecule has 4 aromatic heterocycles. The Morgan fingerprint density at radius 3 is 2.41 bits per heavy atom. The van der Waals surface area contributed by atoms with Gasteiger partial charge in [0.2, 0.25) is 0 Å². The van der Waals surface area contributed by atoms with Crippen LogP contribution in [0.2, 0.25) is 0 Å². The minimum absolute atomic E-state index is 0.0597. The lowest BCUT2D eigenvalue weighted by Gasteiger charge is -2.56. The number of benzene rings is 2. The zero-order chi connectivity index (χ0) is 35.6. The summed E-state index contributed by atoms with van der Waals surface area (Å²) in [6.07, 6.45) is 7.60. The third-order valence-electron chi connectivity index (χ3n) is 9.99. The van der Waals surface area contributed by atoms with Crippen LogP contribution >= 0.6 is 0 Å². The Hall–Kier alpha value is -5.58. The molecule has 3 aliphatic heterocycles. The number of aryl methyl sites for hydroxylation is 1. The number of piperidine rings is 1. The second-order valence-electron chi connectivity index (χ2n) is 13.6. The SMILES string of the molecule is Cc1ccc(S(=O)(=O)n2c(-c3cnn(C(C)C)c3)cc3c(-c4ccc(N5CC6CC(C5)N6Cc5cc(F)ccc5O)nc4)c(C#N)cnc32)cc1. The van der Waals surface area contributed by atoms with Gasteiger partial charge in [0.1, 0.15) is 23.5 Å². The summed E-state index contributed by atoms with van der Waals surface area (Å²) in [6.45, 7) is 7.82. The van der Waals surface area contributed by atoms with Crippen LogP contribution < -0.4 is 4.90 Å². The van der Waals surface area contributed by atoms with Gasteiger partial charge in [-0.25, -0.2) is 26.7 Å². The van der Waals surface area contributed by atoms with Crippen molar-refractivity contribution in [2.24, 2.45) is 0 Å². The number of phenols is 1. The fourth-order valence-electron chi connectivity index (χ4n) is 7.26. The second-order valence-corrected chi connectivity index (χ2v) is 15.4. The van der Waals surface area contributed by atoms with Crippen molar-refractivity contribution < 1.29 is 17.9 Å². The molecule has 0 saturated carbocycles. The lowest BCUT2D eigenvalue weighted by Crippen LogP contribution is -2.68. The van der Waals surface area contributed by atoms with Crippen molar-refractivity contribution in [2.45, 2.75) is 56.8 Å². The monoisotopic (exact) mass is 702 g/mol. The first kappa shape index (κ1) is 32.6. The van der Waals surface area contributed by atoms with Crippen molar-refractivity contribution in [2.75, 3.05) is 18.0 Å². The molecule has 0 spiro atoms. The molecular formula is C38H35FN8O3S. The lowest BCUT2D eigenvalue weighted by atomic mass is 9.86. The Labute approximate surface area is 294 Å². The van der Waals surface area contributed by atoms with Gasteiger partial charge in [-0.15, -0.1) is 0 Å². The summed E-state index contributed by atoms with van der Waals surface area (Å²) < 4.78 is 45.5. The Bertz CT molecular complexity index is 2440. The highest BCUT2D eigenvalue weighted by molar-refractivity contribution is 7.90. The fraction of sp³-hybridized carbons (Fsp3) is 0.263. The summed E-state index contributed by atoms with van der Waals surface area (Å²) in [6, 6.07) is 19.1. The van der Waals surface area contributed by atoms with Crippen LogP contribution in [0.4, 0.5) is 10.2 Å². The van der Waals surface area contributed by atoms with Crippen molar-refractivity contribution in [3.05, 3.63) is 108 Å². The zero-order valence-electron chi connectivity index (χ0n) is 28.3. The van der Waals surface area contributed by atoms with Crippen molar-refractivity contribution >= 4 is 26.9 Å². The summed E-state index contributed by atoms with van der Waals surface area (Å²) in [5.74, 6) is 0.512. The predicted molar refractivity (Wildman–Crippen MR) is 191 cm³/mol. The molecule has 13 heteroatoms. The molecule has 11 nitrogen and oxygen atoms in total. The average Bonchev–Trinajstić information content (AvgIpc) is 3.78. The van der Waals surface area contributed by atoms with E-state index in [-0.39, 0.29) is 40.2 Å². The van der Waals surface area contributed by atoms with E-state index in [9.17, 15) is 23.2 Å². The van der Waals surface area contributed by atoms with E-state index < -0.39 is 10.0 Å². The van der Waals surface area contributed by atoms with Gasteiger partial charge in [-0.05, 0) is 75.7 Å². The quantitative estimate of drug-likeness (QED) is 0.195. The number of aromatic hydroxyl groups is 1. The molecule has 51 heavy (non-hydrogen) atoms. The number of hydrogen-bond acceptors (Lipinski definition) is 9. The molecular weight excluding hydrogens is 668 g/mol. The number of nitrogens with zero attached hydrogens (tertiary/aromatic N) is 8. The number of nitriles is 1. The molecule has 7 heterocycles. The van der Waals surface area contributed by atoms with Gasteiger partial charge in [-0.3, -0.25) is 9.58 Å². The summed E-state index contributed by atoms with van der Waals surface area (Å²) in [5, 5.41) is 25.4. The predicted octanol–water partition coefficient (Wildman–Crippen LogP) is 6.27. The lowest BCUT2D eigenvalue weighted by molar-refractivity contribution is -0.00921. The average molecular weight is 703 g/mol. The maximum Gasteiger partial charge on any atom is 0.269 e. The van der Waals surface area contributed by atoms with Crippen LogP contribution in [-0.4, -0.2) is 67.3 Å². The van der Waals surface area contributed by atoms with Gasteiger partial charge < -0.3 is 10.0 Å². The maximum atomic E-state index is 14.3. The minimum Gasteiger partial charge on any atom is -0.508 e. The van der Waals surface area contributed by atoms with Crippen molar-refractivity contribution in [3.63, 3.8) is 0 Å². The topological polar surface area (TPSA) is 133 Å². The summed E-state index contributed by atoms with van der Waals surface area (Å²) in [7, 11) is -4.12. The first-order valence-corrected chi connectivity index (χ1v) is 18.2. The van der Waals surface area contributed by atoms with Gasteiger partial charge >= 0.3 is 0 Å². The summed E-state index contributed by atoms with van der Waals surface area (Å²) >= 11 is 0. The molecule has 3 aliphatic rings. The van der Waals surface area contributed by atoms with Crippen LogP contribution in [0.25, 0.3) is 33.4 Å². The van der Waals surface area contributed by atoms with Gasteiger partial charge in [0.05, 0.1) is 22.3 Å². The van der Waals surface area contributed by atoms with Gasteiger partial charge in [-0.2, -0.15) is 10.4 Å². The Morgan fingerprint density at radius 2 is 1.75 bits per heavy atom. The largest absolute Gasteiger partial charge is 0.508 e. The highest BCUT2D eigenvalue weighted by Crippen LogP contribution is 2.40. The molecule has 258 valence electrons. The van der Waals surface area contributed by atoms with E-state index in [1.165, 1.54) is 28.4 Å². The molecule has 9 rings (SSSR count). The first-order chi connectivity index (χ1) is 24.5. The molecule has 2 unspecified atom stereocenters. The van der Waals surface area contributed by atoms with Crippen LogP contribution in [0.1, 0.15) is 43.0 Å². The molecule has 2 atom stereocenters. The number of anilines is 1. The van der Waals surface area contributed by atoms with Gasteiger partial charge in [-0.1, -0.05) is 17.7 Å². The molecule has 2 bridgehead atoms. The smallest absolute Gasteiger partial charge is 0.269 e. The van der Waals surface area contributed by atoms with Gasteiger partial charge in [0.25, 0.3) is 10.0 Å². The number of fused-ring (bicyclic) bond motifs is 3. The van der Waals surface area contributed by atoms with Crippen LogP contribution in [0.5, 0.6) is 5.75 Å². The molecule has 2 aromatic carbocycles. The molecule has 6 aromatic rings. The highest BCUT2D eigenvalue weighted by Gasteiger charge is 2.45. The third-order valence-corrected chi connectivity index (χ3v) is 11.7. The number of rotatable bonds is 8. The first-order valence-electron chi connectivity index (χ1n) is 16.8.